The van der Waals surface area contributed by atoms with Crippen LogP contribution in [0.25, 0.3) is 11.1 Å². The second-order valence-electron chi connectivity index (χ2n) is 9.54. The van der Waals surface area contributed by atoms with Gasteiger partial charge < -0.3 is 15.2 Å². The molecule has 0 aliphatic heterocycles. The van der Waals surface area contributed by atoms with Gasteiger partial charge in [0.05, 0.1) is 6.61 Å². The van der Waals surface area contributed by atoms with Crippen molar-refractivity contribution in [3.05, 3.63) is 59.2 Å². The molecular weight excluding hydrogens is 465 g/mol. The Bertz CT molecular complexity index is 977. The Balaban J connectivity index is 0.00000456. The number of aliphatic carboxylic acids is 1. The van der Waals surface area contributed by atoms with Crippen molar-refractivity contribution >= 4 is 23.6 Å². The Hall–Kier alpha value is -1.71. The van der Waals surface area contributed by atoms with Crippen molar-refractivity contribution in [2.75, 3.05) is 18.6 Å². The van der Waals surface area contributed by atoms with Gasteiger partial charge in [-0.25, -0.2) is 4.79 Å². The fourth-order valence-electron chi connectivity index (χ4n) is 4.85. The van der Waals surface area contributed by atoms with Gasteiger partial charge in [0.1, 0.15) is 6.04 Å². The van der Waals surface area contributed by atoms with Crippen LogP contribution in [0.15, 0.2) is 42.5 Å². The molecule has 0 aromatic heterocycles. The molecule has 0 bridgehead atoms. The first-order valence-corrected chi connectivity index (χ1v) is 14.2. The van der Waals surface area contributed by atoms with Crippen LogP contribution >= 0.6 is 11.8 Å². The predicted octanol–water partition coefficient (Wildman–Crippen LogP) is 3.48. The van der Waals surface area contributed by atoms with Crippen LogP contribution in [0.3, 0.4) is 0 Å². The minimum absolute atomic E-state index is 0. The van der Waals surface area contributed by atoms with Gasteiger partial charge in [0, 0.05) is 12.2 Å². The molecule has 7 heteroatoms. The summed E-state index contributed by atoms with van der Waals surface area (Å²) in [6.45, 7) is 3.26. The number of carbonyl (C=O) groups is 2. The Morgan fingerprint density at radius 3 is 2.56 bits per heavy atom. The number of benzene rings is 2. The summed E-state index contributed by atoms with van der Waals surface area (Å²) in [6, 6.07) is 12.8. The molecule has 0 saturated heterocycles. The van der Waals surface area contributed by atoms with Crippen molar-refractivity contribution < 1.29 is 38.3 Å². The zero-order chi connectivity index (χ0) is 25.0. The number of amides is 1. The summed E-state index contributed by atoms with van der Waals surface area (Å²) in [5.74, 6) is 0.155. The Morgan fingerprint density at radius 1 is 1.11 bits per heavy atom. The van der Waals surface area contributed by atoms with Gasteiger partial charge in [-0.3, -0.25) is 4.79 Å². The van der Waals surface area contributed by atoms with Gasteiger partial charge in [-0.2, -0.15) is 11.8 Å². The number of hydrogen-bond acceptors (Lipinski definition) is 4. The summed E-state index contributed by atoms with van der Waals surface area (Å²) < 4.78 is 5.99. The molecule has 190 valence electrons. The number of rotatable bonds is 13. The first-order valence-electron chi connectivity index (χ1n) is 12.8. The van der Waals surface area contributed by atoms with Gasteiger partial charge in [-0.1, -0.05) is 62.4 Å². The van der Waals surface area contributed by atoms with Gasteiger partial charge in [0.2, 0.25) is 0 Å². The maximum atomic E-state index is 13.2. The third kappa shape index (κ3) is 9.30. The van der Waals surface area contributed by atoms with Gasteiger partial charge in [-0.05, 0) is 78.5 Å². The summed E-state index contributed by atoms with van der Waals surface area (Å²) in [5, 5.41) is 12.3. The third-order valence-electron chi connectivity index (χ3n) is 6.87. The summed E-state index contributed by atoms with van der Waals surface area (Å²) in [4.78, 5) is 24.8. The molecular formula is C29H39LiNO4S+. The number of carbonyl (C=O) groups excluding carboxylic acids is 1. The van der Waals surface area contributed by atoms with Crippen molar-refractivity contribution in [2.24, 2.45) is 5.92 Å². The zero-order valence-corrected chi connectivity index (χ0v) is 22.9. The Kier molecular flexibility index (Phi) is 13.7. The van der Waals surface area contributed by atoms with E-state index in [4.69, 9.17) is 4.74 Å². The van der Waals surface area contributed by atoms with E-state index in [1.807, 2.05) is 49.6 Å². The molecule has 2 N–H and O–H groups in total. The molecule has 5 nitrogen and oxygen atoms in total. The van der Waals surface area contributed by atoms with Gasteiger partial charge >= 0.3 is 24.8 Å². The maximum absolute atomic E-state index is 13.2. The molecule has 1 saturated carbocycles. The first kappa shape index (κ1) is 30.5. The number of ether oxygens (including phenoxy) is 1. The van der Waals surface area contributed by atoms with Crippen molar-refractivity contribution in [3.8, 4) is 11.1 Å². The molecule has 0 radical (unpaired) electrons. The van der Waals surface area contributed by atoms with E-state index in [-0.39, 0.29) is 24.8 Å². The molecule has 1 aliphatic rings. The number of thioether (sulfide) groups is 1. The average molecular weight is 505 g/mol. The van der Waals surface area contributed by atoms with Crippen LogP contribution in [0.5, 0.6) is 0 Å². The van der Waals surface area contributed by atoms with Gasteiger partial charge in [0.25, 0.3) is 5.91 Å². The molecule has 0 spiro atoms. The summed E-state index contributed by atoms with van der Waals surface area (Å²) >= 11 is 1.56. The molecule has 1 atom stereocenters. The number of aryl methyl sites for hydroxylation is 1. The molecule has 2 aromatic carbocycles. The van der Waals surface area contributed by atoms with Crippen molar-refractivity contribution in [1.29, 1.82) is 0 Å². The van der Waals surface area contributed by atoms with Crippen LogP contribution in [0.2, 0.25) is 0 Å². The molecule has 1 unspecified atom stereocenters. The zero-order valence-electron chi connectivity index (χ0n) is 22.1. The monoisotopic (exact) mass is 504 g/mol. The summed E-state index contributed by atoms with van der Waals surface area (Å²) in [6.07, 6.45) is 11.5. The Morgan fingerprint density at radius 2 is 1.86 bits per heavy atom. The number of carboxylic acids is 1. The molecule has 36 heavy (non-hydrogen) atoms. The molecule has 1 amide bonds. The van der Waals surface area contributed by atoms with E-state index < -0.39 is 12.0 Å². The number of carboxylic acid groups (broad SMARTS) is 1. The predicted molar refractivity (Wildman–Crippen MR) is 144 cm³/mol. The van der Waals surface area contributed by atoms with Crippen LogP contribution in [-0.4, -0.2) is 41.6 Å². The minimum Gasteiger partial charge on any atom is -0.480 e. The van der Waals surface area contributed by atoms with Crippen LogP contribution in [0.4, 0.5) is 0 Å². The molecule has 1 aliphatic carbocycles. The van der Waals surface area contributed by atoms with Crippen LogP contribution in [0.1, 0.15) is 72.9 Å². The van der Waals surface area contributed by atoms with Crippen LogP contribution in [-0.2, 0) is 16.1 Å². The van der Waals surface area contributed by atoms with Gasteiger partial charge in [0.15, 0.2) is 0 Å². The second kappa shape index (κ2) is 16.2. The molecule has 1 fully saturated rings. The standard InChI is InChI=1S/C29H39NO4S.Li/c1-21-9-6-7-13-24(21)26-19-23(20-34-17-8-12-22-10-4-3-5-11-22)14-15-25(26)28(31)30-27(29(32)33)16-18-35-2;/h6-7,9,13-15,19,22,27H,3-5,8,10-12,16-18,20H2,1-2H3,(H,30,31)(H,32,33);/q;+1. The molecule has 3 rings (SSSR count). The largest absolute Gasteiger partial charge is 1.00 e. The Labute approximate surface area is 232 Å². The number of nitrogens with one attached hydrogen (secondary N) is 1. The van der Waals surface area contributed by atoms with Crippen LogP contribution < -0.4 is 24.2 Å². The SMILES string of the molecule is CSCCC(NC(=O)c1ccc(COCCCC2CCCCC2)cc1-c1ccccc1C)C(=O)O.[Li+]. The minimum atomic E-state index is -1.01. The summed E-state index contributed by atoms with van der Waals surface area (Å²) in [7, 11) is 0. The first-order chi connectivity index (χ1) is 17.0. The van der Waals surface area contributed by atoms with E-state index in [2.05, 4.69) is 5.32 Å². The topological polar surface area (TPSA) is 75.6 Å². The normalized spacial score (nSPS) is 14.6. The van der Waals surface area contributed by atoms with E-state index in [1.54, 1.807) is 17.8 Å². The van der Waals surface area contributed by atoms with E-state index >= 15 is 0 Å². The second-order valence-corrected chi connectivity index (χ2v) is 10.5. The van der Waals surface area contributed by atoms with E-state index in [0.717, 1.165) is 41.2 Å². The third-order valence-corrected chi connectivity index (χ3v) is 7.52. The average Bonchev–Trinajstić information content (AvgIpc) is 2.87. The molecule has 2 aromatic rings. The van der Waals surface area contributed by atoms with E-state index in [9.17, 15) is 14.7 Å². The van der Waals surface area contributed by atoms with Crippen molar-refractivity contribution in [3.63, 3.8) is 0 Å². The molecule has 0 heterocycles. The smallest absolute Gasteiger partial charge is 0.480 e. The van der Waals surface area contributed by atoms with Crippen molar-refractivity contribution in [2.45, 2.75) is 70.9 Å². The van der Waals surface area contributed by atoms with Gasteiger partial charge in [-0.15, -0.1) is 0 Å². The van der Waals surface area contributed by atoms with E-state index in [1.165, 1.54) is 38.5 Å². The maximum Gasteiger partial charge on any atom is 1.00 e. The van der Waals surface area contributed by atoms with Crippen molar-refractivity contribution in [1.82, 2.24) is 5.32 Å². The fourth-order valence-corrected chi connectivity index (χ4v) is 5.32. The van der Waals surface area contributed by atoms with E-state index in [0.29, 0.717) is 24.3 Å². The summed E-state index contributed by atoms with van der Waals surface area (Å²) in [5.41, 5.74) is 4.32. The number of hydrogen-bond donors (Lipinski definition) is 2. The quantitative estimate of drug-likeness (QED) is 0.323. The fraction of sp³-hybridized carbons (Fsp3) is 0.517. The van der Waals surface area contributed by atoms with Crippen LogP contribution in [0, 0.1) is 12.8 Å².